The van der Waals surface area contributed by atoms with E-state index in [2.05, 4.69) is 97.9 Å². The zero-order chi connectivity index (χ0) is 23.9. The minimum atomic E-state index is -2.36. The molecule has 0 amide bonds. The van der Waals surface area contributed by atoms with Crippen LogP contribution in [-0.2, 0) is 0 Å². The number of unbranched alkanes of at least 4 members (excludes halogenated alkanes) is 3. The molecular weight excluding hydrogens is 527 g/mol. The van der Waals surface area contributed by atoms with Crippen LogP contribution < -0.4 is 8.08 Å². The summed E-state index contributed by atoms with van der Waals surface area (Å²) in [5, 5.41) is 1.52. The van der Waals surface area contributed by atoms with Crippen LogP contribution in [0, 0.1) is 0 Å². The van der Waals surface area contributed by atoms with Gasteiger partial charge in [0.05, 0.1) is 0 Å². The zero-order valence-corrected chi connectivity index (χ0v) is 27.5. The molecule has 182 valence electrons. The third-order valence-corrected chi connectivity index (χ3v) is 33.1. The van der Waals surface area contributed by atoms with Gasteiger partial charge in [-0.2, -0.15) is 0 Å². The van der Waals surface area contributed by atoms with Crippen LogP contribution in [0.15, 0.2) is 24.3 Å². The van der Waals surface area contributed by atoms with E-state index in [9.17, 15) is 0 Å². The van der Waals surface area contributed by atoms with Gasteiger partial charge in [0, 0.05) is 0 Å². The second-order valence-electron chi connectivity index (χ2n) is 11.4. The number of hydrogen-bond donors (Lipinski definition) is 0. The van der Waals surface area contributed by atoms with E-state index in [0.717, 1.165) is 16.6 Å². The normalized spacial score (nSPS) is 13.2. The molecule has 0 aliphatic heterocycles. The average molecular weight is 580 g/mol. The number of rotatable bonds is 14. The average Bonchev–Trinajstić information content (AvgIpc) is 3.16. The van der Waals surface area contributed by atoms with Gasteiger partial charge in [0.2, 0.25) is 0 Å². The number of fused-ring (bicyclic) bond motifs is 1. The molecule has 0 nitrogen and oxygen atoms in total. The predicted molar refractivity (Wildman–Crippen MR) is 157 cm³/mol. The molecule has 2 aromatic rings. The first kappa shape index (κ1) is 28.4. The van der Waals surface area contributed by atoms with Crippen LogP contribution in [0.4, 0.5) is 0 Å². The van der Waals surface area contributed by atoms with Crippen molar-refractivity contribution in [2.24, 2.45) is 0 Å². The molecule has 0 aliphatic carbocycles. The summed E-state index contributed by atoms with van der Waals surface area (Å²) < 4.78 is 9.91. The molecule has 32 heavy (non-hydrogen) atoms. The Kier molecular flexibility index (Phi) is 11.3. The molecule has 0 unspecified atom stereocenters. The van der Waals surface area contributed by atoms with Crippen molar-refractivity contribution in [3.63, 3.8) is 0 Å². The standard InChI is InChI=1S/C17H25SSi.3C4H9.Sn/c1-12(2)19(13(3)4,14(5)6)17-11-15-9-7-8-10-16(15)18-17;3*1-3-4-2;/h7,9-14H,1-6H3;3*1,3-4H2,2H3;. The van der Waals surface area contributed by atoms with E-state index in [1.54, 1.807) is 22.5 Å². The van der Waals surface area contributed by atoms with Gasteiger partial charge in [-0.1, -0.05) is 0 Å². The quantitative estimate of drug-likeness (QED) is 0.196. The van der Waals surface area contributed by atoms with Gasteiger partial charge in [0.1, 0.15) is 0 Å². The fraction of sp³-hybridized carbons (Fsp3) is 0.724. The van der Waals surface area contributed by atoms with E-state index < -0.39 is 26.5 Å². The van der Waals surface area contributed by atoms with Gasteiger partial charge in [0.15, 0.2) is 0 Å². The van der Waals surface area contributed by atoms with E-state index in [4.69, 9.17) is 0 Å². The Balaban J connectivity index is 2.61. The molecule has 0 atom stereocenters. The molecule has 0 N–H and O–H groups in total. The summed E-state index contributed by atoms with van der Waals surface area (Å²) >= 11 is -0.178. The van der Waals surface area contributed by atoms with Crippen LogP contribution in [0.1, 0.15) is 101 Å². The van der Waals surface area contributed by atoms with E-state index >= 15 is 0 Å². The van der Waals surface area contributed by atoms with Crippen molar-refractivity contribution in [1.82, 2.24) is 0 Å². The van der Waals surface area contributed by atoms with E-state index in [0.29, 0.717) is 0 Å². The van der Waals surface area contributed by atoms with Crippen LogP contribution in [0.25, 0.3) is 10.1 Å². The third-order valence-electron chi connectivity index (χ3n) is 8.45. The minimum absolute atomic E-state index is 0.784. The molecule has 0 bridgehead atoms. The number of benzene rings is 1. The van der Waals surface area contributed by atoms with Crippen molar-refractivity contribution in [1.29, 1.82) is 0 Å². The third kappa shape index (κ3) is 5.87. The molecular formula is C29H52SSiSn. The Morgan fingerprint density at radius 2 is 1.19 bits per heavy atom. The summed E-state index contributed by atoms with van der Waals surface area (Å²) in [5.74, 6) is 0. The van der Waals surface area contributed by atoms with Gasteiger partial charge in [-0.3, -0.25) is 0 Å². The van der Waals surface area contributed by atoms with Crippen molar-refractivity contribution in [2.75, 3.05) is 0 Å². The second kappa shape index (κ2) is 12.8. The molecule has 0 radical (unpaired) electrons. The molecule has 0 fully saturated rings. The first-order valence-corrected chi connectivity index (χ1v) is 24.3. The zero-order valence-electron chi connectivity index (χ0n) is 22.8. The van der Waals surface area contributed by atoms with Crippen molar-refractivity contribution in [2.45, 2.75) is 131 Å². The van der Waals surface area contributed by atoms with Gasteiger partial charge in [0.25, 0.3) is 0 Å². The summed E-state index contributed by atoms with van der Waals surface area (Å²) in [6.07, 6.45) is 8.40. The topological polar surface area (TPSA) is 0 Å². The Bertz CT molecular complexity index is 776. The summed E-state index contributed by atoms with van der Waals surface area (Å²) in [7, 11) is -1.58. The van der Waals surface area contributed by atoms with Crippen LogP contribution in [0.5, 0.6) is 0 Å². The van der Waals surface area contributed by atoms with Crippen LogP contribution >= 0.6 is 11.3 Å². The fourth-order valence-corrected chi connectivity index (χ4v) is 33.2. The molecule has 1 heterocycles. The summed E-state index contributed by atoms with van der Waals surface area (Å²) in [6.45, 7) is 22.2. The maximum atomic E-state index is 2.72. The molecule has 1 aromatic heterocycles. The Morgan fingerprint density at radius 3 is 1.59 bits per heavy atom. The summed E-state index contributed by atoms with van der Waals surface area (Å²) in [4.78, 5) is 0. The first-order valence-electron chi connectivity index (χ1n) is 13.7. The van der Waals surface area contributed by atoms with E-state index in [1.807, 2.05) is 3.58 Å². The SMILES string of the molecule is CCC[CH2][Sn]([CH2]CCC)([CH2]CCC)[c]1ccc2cc([Si](C(C)C)(C(C)C)C(C)C)sc2c1. The van der Waals surface area contributed by atoms with E-state index in [1.165, 1.54) is 43.9 Å². The van der Waals surface area contributed by atoms with Crippen LogP contribution in [0.3, 0.4) is 0 Å². The number of thiophene rings is 1. The Morgan fingerprint density at radius 1 is 0.719 bits per heavy atom. The van der Waals surface area contributed by atoms with Gasteiger partial charge in [-0.05, 0) is 0 Å². The maximum absolute atomic E-state index is 2.72. The molecule has 0 spiro atoms. The molecule has 0 saturated carbocycles. The Hall–Kier alpha value is 0.196. The monoisotopic (exact) mass is 580 g/mol. The summed E-state index contributed by atoms with van der Waals surface area (Å²) in [5.41, 5.74) is 2.35. The summed E-state index contributed by atoms with van der Waals surface area (Å²) in [6, 6.07) is 10.5. The molecule has 0 saturated heterocycles. The van der Waals surface area contributed by atoms with Gasteiger partial charge in [-0.15, -0.1) is 0 Å². The van der Waals surface area contributed by atoms with Crippen molar-refractivity contribution in [3.05, 3.63) is 24.3 Å². The number of hydrogen-bond acceptors (Lipinski definition) is 1. The molecule has 2 rings (SSSR count). The van der Waals surface area contributed by atoms with Crippen molar-refractivity contribution >= 4 is 56.0 Å². The fourth-order valence-electron chi connectivity index (χ4n) is 6.78. The van der Waals surface area contributed by atoms with Crippen LogP contribution in [-0.4, -0.2) is 26.5 Å². The van der Waals surface area contributed by atoms with Gasteiger partial charge >= 0.3 is 211 Å². The predicted octanol–water partition coefficient (Wildman–Crippen LogP) is 9.84. The van der Waals surface area contributed by atoms with Crippen LogP contribution in [0.2, 0.25) is 29.9 Å². The second-order valence-corrected chi connectivity index (χ2v) is 31.9. The Labute approximate surface area is 209 Å². The van der Waals surface area contributed by atoms with Gasteiger partial charge < -0.3 is 0 Å². The molecule has 1 aromatic carbocycles. The van der Waals surface area contributed by atoms with Gasteiger partial charge in [-0.25, -0.2) is 0 Å². The van der Waals surface area contributed by atoms with E-state index in [-0.39, 0.29) is 0 Å². The first-order chi connectivity index (χ1) is 15.2. The molecule has 3 heteroatoms. The molecule has 0 aliphatic rings. The van der Waals surface area contributed by atoms with Crippen molar-refractivity contribution < 1.29 is 0 Å². The van der Waals surface area contributed by atoms with Crippen molar-refractivity contribution in [3.8, 4) is 0 Å².